The maximum absolute atomic E-state index is 13.5. The van der Waals surface area contributed by atoms with Crippen molar-refractivity contribution in [2.24, 2.45) is 0 Å². The first kappa shape index (κ1) is 22.8. The summed E-state index contributed by atoms with van der Waals surface area (Å²) in [6.07, 6.45) is 3.29. The lowest BCUT2D eigenvalue weighted by Gasteiger charge is -2.34. The highest BCUT2D eigenvalue weighted by Crippen LogP contribution is 2.31. The number of ether oxygens (including phenoxy) is 1. The molecule has 6 nitrogen and oxygen atoms in total. The number of benzene rings is 1. The normalized spacial score (nSPS) is 14.4. The molecule has 31 heavy (non-hydrogen) atoms. The van der Waals surface area contributed by atoms with Crippen LogP contribution in [0.15, 0.2) is 24.4 Å². The number of amides is 1. The van der Waals surface area contributed by atoms with Crippen molar-refractivity contribution in [2.45, 2.75) is 46.6 Å². The molecule has 0 spiro atoms. The van der Waals surface area contributed by atoms with E-state index in [0.29, 0.717) is 24.5 Å². The molecule has 0 bridgehead atoms. The van der Waals surface area contributed by atoms with Crippen molar-refractivity contribution in [2.75, 3.05) is 33.3 Å². The van der Waals surface area contributed by atoms with Crippen LogP contribution in [0.2, 0.25) is 0 Å². The summed E-state index contributed by atoms with van der Waals surface area (Å²) >= 11 is 0. The zero-order chi connectivity index (χ0) is 22.5. The van der Waals surface area contributed by atoms with Gasteiger partial charge < -0.3 is 14.5 Å². The van der Waals surface area contributed by atoms with E-state index in [2.05, 4.69) is 49.0 Å². The van der Waals surface area contributed by atoms with E-state index < -0.39 is 0 Å². The first-order chi connectivity index (χ1) is 14.9. The number of carbonyl (C=O) groups excluding carboxylic acids is 1. The first-order valence-corrected chi connectivity index (χ1v) is 11.0. The van der Waals surface area contributed by atoms with Gasteiger partial charge in [-0.25, -0.2) is 0 Å². The van der Waals surface area contributed by atoms with Gasteiger partial charge in [0.25, 0.3) is 5.91 Å². The fraction of sp³-hybridized carbons (Fsp3) is 0.480. The van der Waals surface area contributed by atoms with Gasteiger partial charge in [-0.2, -0.15) is 5.26 Å². The SMILES string of the molecule is CCOc1cc(C(C)N2CCc3c(C)cc(CCN(C)CC)cc3C2=O)ncc1C#N. The smallest absolute Gasteiger partial charge is 0.254 e. The largest absolute Gasteiger partial charge is 0.492 e. The van der Waals surface area contributed by atoms with Gasteiger partial charge >= 0.3 is 0 Å². The van der Waals surface area contributed by atoms with E-state index in [1.165, 1.54) is 17.3 Å². The Balaban J connectivity index is 1.87. The van der Waals surface area contributed by atoms with Gasteiger partial charge in [0.2, 0.25) is 0 Å². The van der Waals surface area contributed by atoms with Gasteiger partial charge in [0.05, 0.1) is 18.3 Å². The van der Waals surface area contributed by atoms with Crippen LogP contribution in [0.5, 0.6) is 5.75 Å². The van der Waals surface area contributed by atoms with Crippen LogP contribution in [0.1, 0.15) is 65.1 Å². The maximum Gasteiger partial charge on any atom is 0.254 e. The third-order valence-electron chi connectivity index (χ3n) is 6.15. The summed E-state index contributed by atoms with van der Waals surface area (Å²) in [5.74, 6) is 0.566. The molecule has 0 saturated carbocycles. The number of aryl methyl sites for hydroxylation is 1. The average molecular weight is 421 g/mol. The molecule has 0 saturated heterocycles. The van der Waals surface area contributed by atoms with Crippen molar-refractivity contribution < 1.29 is 9.53 Å². The second-order valence-corrected chi connectivity index (χ2v) is 8.16. The number of hydrogen-bond donors (Lipinski definition) is 0. The predicted octanol–water partition coefficient (Wildman–Crippen LogP) is 3.91. The summed E-state index contributed by atoms with van der Waals surface area (Å²) in [5, 5.41) is 9.28. The minimum atomic E-state index is -0.206. The molecular formula is C25H32N4O2. The van der Waals surface area contributed by atoms with E-state index in [-0.39, 0.29) is 11.9 Å². The summed E-state index contributed by atoms with van der Waals surface area (Å²) in [6.45, 7) is 11.2. The molecule has 164 valence electrons. The molecule has 1 aromatic heterocycles. The Bertz CT molecular complexity index is 996. The van der Waals surface area contributed by atoms with Gasteiger partial charge in [-0.15, -0.1) is 0 Å². The zero-order valence-electron chi connectivity index (χ0n) is 19.2. The van der Waals surface area contributed by atoms with Crippen molar-refractivity contribution in [3.05, 3.63) is 57.9 Å². The average Bonchev–Trinajstić information content (AvgIpc) is 2.78. The van der Waals surface area contributed by atoms with Crippen LogP contribution in [0.25, 0.3) is 0 Å². The van der Waals surface area contributed by atoms with E-state index in [1.54, 1.807) is 6.07 Å². The molecule has 3 rings (SSSR count). The third kappa shape index (κ3) is 4.88. The molecule has 0 aliphatic carbocycles. The van der Waals surface area contributed by atoms with E-state index in [9.17, 15) is 10.1 Å². The van der Waals surface area contributed by atoms with Crippen LogP contribution in [0.3, 0.4) is 0 Å². The van der Waals surface area contributed by atoms with Gasteiger partial charge in [-0.3, -0.25) is 9.78 Å². The van der Waals surface area contributed by atoms with Gasteiger partial charge in [0.1, 0.15) is 17.4 Å². The summed E-state index contributed by atoms with van der Waals surface area (Å²) in [7, 11) is 2.11. The number of nitriles is 1. The molecule has 0 fully saturated rings. The molecule has 1 atom stereocenters. The number of rotatable bonds is 8. The minimum absolute atomic E-state index is 0.0478. The number of nitrogens with zero attached hydrogens (tertiary/aromatic N) is 4. The molecule has 1 unspecified atom stereocenters. The number of hydrogen-bond acceptors (Lipinski definition) is 5. The fourth-order valence-electron chi connectivity index (χ4n) is 4.09. The summed E-state index contributed by atoms with van der Waals surface area (Å²) in [4.78, 5) is 22.1. The Hall–Kier alpha value is -2.91. The number of fused-ring (bicyclic) bond motifs is 1. The Morgan fingerprint density at radius 1 is 1.32 bits per heavy atom. The molecule has 6 heteroatoms. The molecule has 2 aromatic rings. The van der Waals surface area contributed by atoms with E-state index >= 15 is 0 Å². The number of carbonyl (C=O) groups is 1. The van der Waals surface area contributed by atoms with E-state index in [4.69, 9.17) is 4.74 Å². The van der Waals surface area contributed by atoms with Crippen LogP contribution in [0, 0.1) is 18.3 Å². The molecule has 1 aromatic carbocycles. The van der Waals surface area contributed by atoms with Gasteiger partial charge in [-0.05, 0) is 70.0 Å². The van der Waals surface area contributed by atoms with Crippen LogP contribution in [-0.4, -0.2) is 54.0 Å². The summed E-state index contributed by atoms with van der Waals surface area (Å²) < 4.78 is 5.61. The number of pyridine rings is 1. The number of aromatic nitrogens is 1. The first-order valence-electron chi connectivity index (χ1n) is 11.0. The molecule has 1 amide bonds. The van der Waals surface area contributed by atoms with Crippen LogP contribution >= 0.6 is 0 Å². The summed E-state index contributed by atoms with van der Waals surface area (Å²) in [6, 6.07) is 8.00. The lowest BCUT2D eigenvalue weighted by atomic mass is 9.90. The fourth-order valence-corrected chi connectivity index (χ4v) is 4.09. The third-order valence-corrected chi connectivity index (χ3v) is 6.15. The highest BCUT2D eigenvalue weighted by Gasteiger charge is 2.30. The van der Waals surface area contributed by atoms with E-state index in [0.717, 1.165) is 42.8 Å². The van der Waals surface area contributed by atoms with Crippen LogP contribution in [-0.2, 0) is 12.8 Å². The molecular weight excluding hydrogens is 388 g/mol. The van der Waals surface area contributed by atoms with Crippen molar-refractivity contribution in [3.63, 3.8) is 0 Å². The Labute approximate surface area is 185 Å². The Morgan fingerprint density at radius 3 is 2.77 bits per heavy atom. The van der Waals surface area contributed by atoms with Crippen LogP contribution in [0.4, 0.5) is 0 Å². The minimum Gasteiger partial charge on any atom is -0.492 e. The van der Waals surface area contributed by atoms with Crippen molar-refractivity contribution in [3.8, 4) is 11.8 Å². The second-order valence-electron chi connectivity index (χ2n) is 8.16. The summed E-state index contributed by atoms with van der Waals surface area (Å²) in [5.41, 5.74) is 5.51. The lowest BCUT2D eigenvalue weighted by molar-refractivity contribution is 0.0668. The van der Waals surface area contributed by atoms with Gasteiger partial charge in [0.15, 0.2) is 0 Å². The highest BCUT2D eigenvalue weighted by molar-refractivity contribution is 5.97. The Morgan fingerprint density at radius 2 is 2.10 bits per heavy atom. The highest BCUT2D eigenvalue weighted by atomic mass is 16.5. The molecule has 1 aliphatic heterocycles. The van der Waals surface area contributed by atoms with Crippen LogP contribution < -0.4 is 4.74 Å². The van der Waals surface area contributed by atoms with Crippen molar-refractivity contribution >= 4 is 5.91 Å². The van der Waals surface area contributed by atoms with Gasteiger partial charge in [0, 0.05) is 30.9 Å². The Kier molecular flexibility index (Phi) is 7.29. The number of likely N-dealkylation sites (N-methyl/N-ethyl adjacent to an activating group) is 1. The molecule has 2 heterocycles. The van der Waals surface area contributed by atoms with Gasteiger partial charge in [-0.1, -0.05) is 13.0 Å². The monoisotopic (exact) mass is 420 g/mol. The maximum atomic E-state index is 13.5. The second kappa shape index (κ2) is 9.93. The van der Waals surface area contributed by atoms with Crippen molar-refractivity contribution in [1.82, 2.24) is 14.8 Å². The molecule has 0 radical (unpaired) electrons. The van der Waals surface area contributed by atoms with Crippen molar-refractivity contribution in [1.29, 1.82) is 5.26 Å². The molecule has 1 aliphatic rings. The quantitative estimate of drug-likeness (QED) is 0.648. The zero-order valence-corrected chi connectivity index (χ0v) is 19.2. The lowest BCUT2D eigenvalue weighted by Crippen LogP contribution is -2.40. The standard InChI is InChI=1S/C25H32N4O2/c1-6-28(5)10-8-19-12-17(3)21-9-11-29(25(30)22(21)13-19)18(4)23-14-24(31-7-2)20(15-26)16-27-23/h12-14,16,18H,6-11H2,1-5H3. The topological polar surface area (TPSA) is 69.5 Å². The predicted molar refractivity (Wildman–Crippen MR) is 121 cm³/mol. The molecule has 0 N–H and O–H groups in total. The van der Waals surface area contributed by atoms with E-state index in [1.807, 2.05) is 18.7 Å².